The normalized spacial score (nSPS) is 16.3. The Kier molecular flexibility index (Phi) is 5.01. The number of carbonyl (C=O) groups is 1. The summed E-state index contributed by atoms with van der Waals surface area (Å²) in [7, 11) is -3.48. The highest BCUT2D eigenvalue weighted by Crippen LogP contribution is 2.25. The molecule has 3 rings (SSSR count). The summed E-state index contributed by atoms with van der Waals surface area (Å²) in [5.74, 6) is -0.418. The van der Waals surface area contributed by atoms with Crippen molar-refractivity contribution < 1.29 is 17.6 Å². The minimum Gasteiger partial charge on any atom is -0.342 e. The molecule has 1 aliphatic rings. The molecule has 0 aliphatic carbocycles. The molecule has 1 aliphatic heterocycles. The first-order chi connectivity index (χ1) is 11.5. The lowest BCUT2D eigenvalue weighted by Crippen LogP contribution is -2.43. The number of hydrogen-bond acceptors (Lipinski definition) is 4. The third kappa shape index (κ3) is 3.67. The van der Waals surface area contributed by atoms with Crippen LogP contribution in [0.5, 0.6) is 0 Å². The van der Waals surface area contributed by atoms with Crippen molar-refractivity contribution in [1.29, 1.82) is 0 Å². The van der Waals surface area contributed by atoms with E-state index in [1.807, 2.05) is 17.5 Å². The van der Waals surface area contributed by atoms with E-state index in [2.05, 4.69) is 0 Å². The fourth-order valence-electron chi connectivity index (χ4n) is 2.91. The minimum atomic E-state index is -3.48. The van der Waals surface area contributed by atoms with E-state index in [0.717, 1.165) is 17.0 Å². The second-order valence-corrected chi connectivity index (χ2v) is 9.10. The van der Waals surface area contributed by atoms with Crippen LogP contribution in [0.15, 0.2) is 46.7 Å². The summed E-state index contributed by atoms with van der Waals surface area (Å²) in [6.45, 7) is 0.880. The van der Waals surface area contributed by atoms with E-state index in [-0.39, 0.29) is 10.8 Å². The van der Waals surface area contributed by atoms with Gasteiger partial charge < -0.3 is 4.90 Å². The molecule has 24 heavy (non-hydrogen) atoms. The molecule has 0 atom stereocenters. The van der Waals surface area contributed by atoms with Crippen molar-refractivity contribution in [2.24, 2.45) is 0 Å². The molecule has 2 aromatic rings. The highest BCUT2D eigenvalue weighted by molar-refractivity contribution is 7.92. The van der Waals surface area contributed by atoms with Crippen LogP contribution in [-0.4, -0.2) is 37.6 Å². The Morgan fingerprint density at radius 1 is 1.17 bits per heavy atom. The number of carbonyl (C=O) groups excluding carboxylic acids is 1. The van der Waals surface area contributed by atoms with Crippen molar-refractivity contribution in [2.45, 2.75) is 29.4 Å². The maximum atomic E-state index is 13.0. The number of halogens is 1. The van der Waals surface area contributed by atoms with Crippen molar-refractivity contribution in [3.8, 4) is 0 Å². The summed E-state index contributed by atoms with van der Waals surface area (Å²) in [6.07, 6.45) is 1.19. The van der Waals surface area contributed by atoms with Gasteiger partial charge in [-0.05, 0) is 48.6 Å². The fourth-order valence-corrected chi connectivity index (χ4v) is 5.33. The Bertz CT molecular complexity index is 793. The Morgan fingerprint density at radius 3 is 2.42 bits per heavy atom. The first-order valence-electron chi connectivity index (χ1n) is 7.76. The first-order valence-corrected chi connectivity index (χ1v) is 10.2. The van der Waals surface area contributed by atoms with E-state index >= 15 is 0 Å². The van der Waals surface area contributed by atoms with Crippen LogP contribution in [0.3, 0.4) is 0 Å². The molecular weight excluding hydrogens is 349 g/mol. The number of piperidine rings is 1. The highest BCUT2D eigenvalue weighted by Gasteiger charge is 2.32. The molecule has 1 fully saturated rings. The summed E-state index contributed by atoms with van der Waals surface area (Å²) in [4.78, 5) is 15.2. The van der Waals surface area contributed by atoms with Crippen LogP contribution in [0.2, 0.25) is 0 Å². The van der Waals surface area contributed by atoms with Gasteiger partial charge >= 0.3 is 0 Å². The third-order valence-corrected chi connectivity index (χ3v) is 7.44. The van der Waals surface area contributed by atoms with Gasteiger partial charge in [0.05, 0.1) is 16.6 Å². The zero-order chi connectivity index (χ0) is 17.2. The van der Waals surface area contributed by atoms with Crippen LogP contribution in [0.4, 0.5) is 4.39 Å². The number of rotatable bonds is 4. The SMILES string of the molecule is O=C(Cc1cccs1)N1CCC(S(=O)(=O)c2ccc(F)cc2)CC1. The zero-order valence-electron chi connectivity index (χ0n) is 13.0. The number of nitrogens with zero attached hydrogens (tertiary/aromatic N) is 1. The predicted molar refractivity (Wildman–Crippen MR) is 91.2 cm³/mol. The molecule has 0 saturated carbocycles. The Labute approximate surface area is 144 Å². The third-order valence-electron chi connectivity index (χ3n) is 4.28. The Morgan fingerprint density at radius 2 is 1.83 bits per heavy atom. The number of benzene rings is 1. The van der Waals surface area contributed by atoms with Crippen LogP contribution in [0.1, 0.15) is 17.7 Å². The lowest BCUT2D eigenvalue weighted by atomic mass is 10.1. The summed E-state index contributed by atoms with van der Waals surface area (Å²) < 4.78 is 38.2. The molecule has 2 heterocycles. The topological polar surface area (TPSA) is 54.5 Å². The van der Waals surface area contributed by atoms with Crippen molar-refractivity contribution in [3.63, 3.8) is 0 Å². The van der Waals surface area contributed by atoms with Gasteiger partial charge in [-0.25, -0.2) is 12.8 Å². The number of sulfone groups is 1. The second-order valence-electron chi connectivity index (χ2n) is 5.84. The largest absolute Gasteiger partial charge is 0.342 e. The number of amides is 1. The minimum absolute atomic E-state index is 0.0371. The molecule has 0 N–H and O–H groups in total. The smallest absolute Gasteiger partial charge is 0.227 e. The average Bonchev–Trinajstić information content (AvgIpc) is 3.08. The molecule has 0 bridgehead atoms. The van der Waals surface area contributed by atoms with Crippen LogP contribution >= 0.6 is 11.3 Å². The molecule has 0 unspecified atom stereocenters. The van der Waals surface area contributed by atoms with E-state index < -0.39 is 20.9 Å². The van der Waals surface area contributed by atoms with Crippen LogP contribution in [0.25, 0.3) is 0 Å². The predicted octanol–water partition coefficient (Wildman–Crippen LogP) is 2.89. The van der Waals surface area contributed by atoms with Crippen molar-refractivity contribution in [1.82, 2.24) is 4.90 Å². The number of hydrogen-bond donors (Lipinski definition) is 0. The van der Waals surface area contributed by atoms with Gasteiger partial charge in [0.2, 0.25) is 5.91 Å². The van der Waals surface area contributed by atoms with Gasteiger partial charge in [0.15, 0.2) is 9.84 Å². The molecule has 7 heteroatoms. The van der Waals surface area contributed by atoms with Crippen LogP contribution in [-0.2, 0) is 21.1 Å². The Hall–Kier alpha value is -1.73. The molecule has 1 saturated heterocycles. The maximum Gasteiger partial charge on any atom is 0.227 e. The van der Waals surface area contributed by atoms with Gasteiger partial charge in [0.1, 0.15) is 5.82 Å². The van der Waals surface area contributed by atoms with Crippen molar-refractivity contribution in [3.05, 3.63) is 52.5 Å². The fraction of sp³-hybridized carbons (Fsp3) is 0.353. The van der Waals surface area contributed by atoms with E-state index in [9.17, 15) is 17.6 Å². The van der Waals surface area contributed by atoms with Gasteiger partial charge in [-0.15, -0.1) is 11.3 Å². The van der Waals surface area contributed by atoms with E-state index in [0.29, 0.717) is 32.4 Å². The van der Waals surface area contributed by atoms with Gasteiger partial charge in [0, 0.05) is 18.0 Å². The van der Waals surface area contributed by atoms with Crippen molar-refractivity contribution >= 4 is 27.1 Å². The van der Waals surface area contributed by atoms with Gasteiger partial charge in [0.25, 0.3) is 0 Å². The standard InChI is InChI=1S/C17H18FNO3S2/c18-13-3-5-15(6-4-13)24(21,22)16-7-9-19(10-8-16)17(20)12-14-2-1-11-23-14/h1-6,11,16H,7-10,12H2. The maximum absolute atomic E-state index is 13.0. The second kappa shape index (κ2) is 7.03. The van der Waals surface area contributed by atoms with Crippen LogP contribution in [0, 0.1) is 5.82 Å². The monoisotopic (exact) mass is 367 g/mol. The summed E-state index contributed by atoms with van der Waals surface area (Å²) in [6, 6.07) is 8.76. The number of thiophene rings is 1. The molecule has 1 aromatic heterocycles. The Balaban J connectivity index is 1.62. The molecule has 4 nitrogen and oxygen atoms in total. The highest BCUT2D eigenvalue weighted by atomic mass is 32.2. The molecule has 128 valence electrons. The summed E-state index contributed by atoms with van der Waals surface area (Å²) in [5, 5.41) is 1.41. The van der Waals surface area contributed by atoms with E-state index in [1.54, 1.807) is 16.2 Å². The molecule has 1 amide bonds. The zero-order valence-corrected chi connectivity index (χ0v) is 14.7. The van der Waals surface area contributed by atoms with Crippen LogP contribution < -0.4 is 0 Å². The summed E-state index contributed by atoms with van der Waals surface area (Å²) >= 11 is 1.54. The van der Waals surface area contributed by atoms with Crippen molar-refractivity contribution in [2.75, 3.05) is 13.1 Å². The average molecular weight is 367 g/mol. The van der Waals surface area contributed by atoms with Gasteiger partial charge in [-0.3, -0.25) is 4.79 Å². The lowest BCUT2D eigenvalue weighted by Gasteiger charge is -2.31. The number of likely N-dealkylation sites (tertiary alicyclic amines) is 1. The molecule has 1 aromatic carbocycles. The van der Waals surface area contributed by atoms with E-state index in [1.165, 1.54) is 12.1 Å². The summed E-state index contributed by atoms with van der Waals surface area (Å²) in [5.41, 5.74) is 0. The molecular formula is C17H18FNO3S2. The quantitative estimate of drug-likeness (QED) is 0.781. The first kappa shape index (κ1) is 17.1. The van der Waals surface area contributed by atoms with E-state index in [4.69, 9.17) is 0 Å². The van der Waals surface area contributed by atoms with Gasteiger partial charge in [-0.1, -0.05) is 6.07 Å². The molecule has 0 spiro atoms. The van der Waals surface area contributed by atoms with Gasteiger partial charge in [-0.2, -0.15) is 0 Å². The molecule has 0 radical (unpaired) electrons. The lowest BCUT2D eigenvalue weighted by molar-refractivity contribution is -0.131.